The Labute approximate surface area is 164 Å². The summed E-state index contributed by atoms with van der Waals surface area (Å²) in [5.74, 6) is -1.02. The molecule has 0 aliphatic carbocycles. The Kier molecular flexibility index (Phi) is 5.78. The van der Waals surface area contributed by atoms with Gasteiger partial charge in [-0.3, -0.25) is 14.4 Å². The van der Waals surface area contributed by atoms with Gasteiger partial charge in [-0.2, -0.15) is 0 Å². The van der Waals surface area contributed by atoms with Gasteiger partial charge in [0.25, 0.3) is 5.91 Å². The number of benzene rings is 2. The lowest BCUT2D eigenvalue weighted by Gasteiger charge is -2.20. The van der Waals surface area contributed by atoms with Crippen LogP contribution in [0.4, 0.5) is 11.4 Å². The maximum atomic E-state index is 12.8. The molecule has 1 fully saturated rings. The number of rotatable bonds is 5. The molecule has 6 nitrogen and oxygen atoms in total. The molecule has 146 valence electrons. The number of hydrogen-bond donors (Lipinski definition) is 2. The van der Waals surface area contributed by atoms with Crippen molar-refractivity contribution in [3.63, 3.8) is 0 Å². The molecule has 1 saturated heterocycles. The third kappa shape index (κ3) is 3.91. The van der Waals surface area contributed by atoms with Crippen molar-refractivity contribution in [2.24, 2.45) is 5.92 Å². The number of hydrogen-bond acceptors (Lipinski definition) is 3. The minimum atomic E-state index is -0.463. The van der Waals surface area contributed by atoms with E-state index >= 15 is 0 Å². The zero-order chi connectivity index (χ0) is 20.3. The van der Waals surface area contributed by atoms with Crippen LogP contribution in [0.2, 0.25) is 0 Å². The molecule has 0 radical (unpaired) electrons. The summed E-state index contributed by atoms with van der Waals surface area (Å²) < 4.78 is 0. The predicted octanol–water partition coefficient (Wildman–Crippen LogP) is 3.04. The molecule has 0 aromatic heterocycles. The number of para-hydroxylation sites is 1. The van der Waals surface area contributed by atoms with Crippen LogP contribution in [0.1, 0.15) is 34.8 Å². The van der Waals surface area contributed by atoms with Gasteiger partial charge in [0.2, 0.25) is 11.8 Å². The van der Waals surface area contributed by atoms with Crippen LogP contribution in [0.3, 0.4) is 0 Å². The van der Waals surface area contributed by atoms with Gasteiger partial charge < -0.3 is 15.5 Å². The SMILES string of the molecule is CCNC(=O)c1ccccc1NC(=O)[C@H]1CC(=O)N(c2cccc(C)c2C)C1. The fraction of sp³-hybridized carbons (Fsp3) is 0.318. The van der Waals surface area contributed by atoms with Gasteiger partial charge in [-0.1, -0.05) is 24.3 Å². The van der Waals surface area contributed by atoms with E-state index in [1.807, 2.05) is 39.0 Å². The Morgan fingerprint density at radius 2 is 1.86 bits per heavy atom. The van der Waals surface area contributed by atoms with Crippen molar-refractivity contribution < 1.29 is 14.4 Å². The first-order valence-corrected chi connectivity index (χ1v) is 9.47. The van der Waals surface area contributed by atoms with E-state index in [4.69, 9.17) is 0 Å². The minimum Gasteiger partial charge on any atom is -0.352 e. The molecule has 1 aliphatic rings. The molecule has 1 aliphatic heterocycles. The van der Waals surface area contributed by atoms with Crippen LogP contribution >= 0.6 is 0 Å². The lowest BCUT2D eigenvalue weighted by atomic mass is 10.1. The van der Waals surface area contributed by atoms with Crippen LogP contribution in [0.25, 0.3) is 0 Å². The maximum Gasteiger partial charge on any atom is 0.253 e. The van der Waals surface area contributed by atoms with Gasteiger partial charge >= 0.3 is 0 Å². The molecule has 28 heavy (non-hydrogen) atoms. The van der Waals surface area contributed by atoms with E-state index in [0.29, 0.717) is 24.3 Å². The van der Waals surface area contributed by atoms with Gasteiger partial charge in [0.05, 0.1) is 17.2 Å². The highest BCUT2D eigenvalue weighted by molar-refractivity contribution is 6.07. The quantitative estimate of drug-likeness (QED) is 0.838. The first-order chi connectivity index (χ1) is 13.4. The molecular formula is C22H25N3O3. The first-order valence-electron chi connectivity index (χ1n) is 9.47. The molecule has 0 spiro atoms. The number of carbonyl (C=O) groups is 3. The first kappa shape index (κ1) is 19.6. The summed E-state index contributed by atoms with van der Waals surface area (Å²) in [7, 11) is 0. The number of anilines is 2. The van der Waals surface area contributed by atoms with Crippen molar-refractivity contribution >= 4 is 29.1 Å². The Morgan fingerprint density at radius 3 is 2.61 bits per heavy atom. The van der Waals surface area contributed by atoms with Gasteiger partial charge in [0.15, 0.2) is 0 Å². The average Bonchev–Trinajstić information content (AvgIpc) is 3.06. The highest BCUT2D eigenvalue weighted by Crippen LogP contribution is 2.30. The number of nitrogens with one attached hydrogen (secondary N) is 2. The van der Waals surface area contributed by atoms with Crippen molar-refractivity contribution in [3.05, 3.63) is 59.2 Å². The van der Waals surface area contributed by atoms with E-state index < -0.39 is 5.92 Å². The molecule has 0 unspecified atom stereocenters. The van der Waals surface area contributed by atoms with Gasteiger partial charge in [-0.05, 0) is 50.1 Å². The minimum absolute atomic E-state index is 0.0640. The highest BCUT2D eigenvalue weighted by atomic mass is 16.2. The third-order valence-electron chi connectivity index (χ3n) is 5.13. The van der Waals surface area contributed by atoms with Crippen molar-refractivity contribution in [1.29, 1.82) is 0 Å². The average molecular weight is 379 g/mol. The highest BCUT2D eigenvalue weighted by Gasteiger charge is 2.36. The number of carbonyl (C=O) groups excluding carboxylic acids is 3. The second-order valence-corrected chi connectivity index (χ2v) is 7.02. The van der Waals surface area contributed by atoms with E-state index in [9.17, 15) is 14.4 Å². The lowest BCUT2D eigenvalue weighted by Crippen LogP contribution is -2.30. The predicted molar refractivity (Wildman–Crippen MR) is 109 cm³/mol. The van der Waals surface area contributed by atoms with Crippen molar-refractivity contribution in [3.8, 4) is 0 Å². The van der Waals surface area contributed by atoms with Gasteiger partial charge in [-0.25, -0.2) is 0 Å². The van der Waals surface area contributed by atoms with Gasteiger partial charge in [0, 0.05) is 25.2 Å². The summed E-state index contributed by atoms with van der Waals surface area (Å²) in [4.78, 5) is 39.2. The summed E-state index contributed by atoms with van der Waals surface area (Å²) in [6.45, 7) is 6.65. The van der Waals surface area contributed by atoms with E-state index in [2.05, 4.69) is 10.6 Å². The van der Waals surface area contributed by atoms with Crippen LogP contribution in [0.15, 0.2) is 42.5 Å². The Balaban J connectivity index is 1.76. The lowest BCUT2D eigenvalue weighted by molar-refractivity contribution is -0.122. The van der Waals surface area contributed by atoms with Gasteiger partial charge in [0.1, 0.15) is 0 Å². The molecule has 3 amide bonds. The van der Waals surface area contributed by atoms with Crippen LogP contribution in [-0.2, 0) is 9.59 Å². The van der Waals surface area contributed by atoms with E-state index in [1.54, 1.807) is 29.2 Å². The van der Waals surface area contributed by atoms with E-state index in [1.165, 1.54) is 0 Å². The van der Waals surface area contributed by atoms with Gasteiger partial charge in [-0.15, -0.1) is 0 Å². The monoisotopic (exact) mass is 379 g/mol. The molecule has 2 aromatic carbocycles. The molecule has 0 saturated carbocycles. The maximum absolute atomic E-state index is 12.8. The molecule has 2 aromatic rings. The molecular weight excluding hydrogens is 354 g/mol. The van der Waals surface area contributed by atoms with Crippen molar-refractivity contribution in [2.75, 3.05) is 23.3 Å². The summed E-state index contributed by atoms with van der Waals surface area (Å²) in [6, 6.07) is 12.7. The standard InChI is InChI=1S/C22H25N3O3/c1-4-23-22(28)17-9-5-6-10-18(17)24-21(27)16-12-20(26)25(13-16)19-11-7-8-14(2)15(19)3/h5-11,16H,4,12-13H2,1-3H3,(H,23,28)(H,24,27)/t16-/m0/s1. The second-order valence-electron chi connectivity index (χ2n) is 7.02. The normalized spacial score (nSPS) is 16.2. The van der Waals surface area contributed by atoms with Crippen LogP contribution in [-0.4, -0.2) is 30.8 Å². The molecule has 6 heteroatoms. The van der Waals surface area contributed by atoms with Crippen molar-refractivity contribution in [1.82, 2.24) is 5.32 Å². The van der Waals surface area contributed by atoms with E-state index in [0.717, 1.165) is 16.8 Å². The Bertz CT molecular complexity index is 923. The molecule has 1 atom stereocenters. The second kappa shape index (κ2) is 8.25. The summed E-state index contributed by atoms with van der Waals surface area (Å²) in [5, 5.41) is 5.57. The van der Waals surface area contributed by atoms with E-state index in [-0.39, 0.29) is 24.1 Å². The summed E-state index contributed by atoms with van der Waals surface area (Å²) in [5.41, 5.74) is 3.86. The summed E-state index contributed by atoms with van der Waals surface area (Å²) in [6.07, 6.45) is 0.155. The van der Waals surface area contributed by atoms with Crippen LogP contribution in [0.5, 0.6) is 0 Å². The molecule has 3 rings (SSSR count). The largest absolute Gasteiger partial charge is 0.352 e. The zero-order valence-electron chi connectivity index (χ0n) is 16.4. The van der Waals surface area contributed by atoms with Crippen molar-refractivity contribution in [2.45, 2.75) is 27.2 Å². The Hall–Kier alpha value is -3.15. The smallest absolute Gasteiger partial charge is 0.253 e. The molecule has 0 bridgehead atoms. The fourth-order valence-corrected chi connectivity index (χ4v) is 3.42. The number of aryl methyl sites for hydroxylation is 1. The topological polar surface area (TPSA) is 78.5 Å². The van der Waals surface area contributed by atoms with Crippen LogP contribution in [0, 0.1) is 19.8 Å². The number of nitrogens with zero attached hydrogens (tertiary/aromatic N) is 1. The Morgan fingerprint density at radius 1 is 1.11 bits per heavy atom. The molecule has 2 N–H and O–H groups in total. The summed E-state index contributed by atoms with van der Waals surface area (Å²) >= 11 is 0. The van der Waals surface area contributed by atoms with Crippen LogP contribution < -0.4 is 15.5 Å². The zero-order valence-corrected chi connectivity index (χ0v) is 16.4. The molecule has 1 heterocycles. The fourth-order valence-electron chi connectivity index (χ4n) is 3.42. The number of amides is 3. The third-order valence-corrected chi connectivity index (χ3v) is 5.13.